The Bertz CT molecular complexity index is 1480. The van der Waals surface area contributed by atoms with Gasteiger partial charge in [-0.3, -0.25) is 13.9 Å². The van der Waals surface area contributed by atoms with Crippen molar-refractivity contribution in [2.75, 3.05) is 18.0 Å². The van der Waals surface area contributed by atoms with Crippen molar-refractivity contribution in [3.63, 3.8) is 0 Å². The van der Waals surface area contributed by atoms with Gasteiger partial charge < -0.3 is 15.0 Å². The molecule has 1 atom stereocenters. The Balaban J connectivity index is 1.73. The monoisotopic (exact) mass is 645 g/mol. The maximum absolute atomic E-state index is 14.3. The summed E-state index contributed by atoms with van der Waals surface area (Å²) in [5, 5.41) is 3.82. The Morgan fingerprint density at radius 2 is 1.56 bits per heavy atom. The Kier molecular flexibility index (Phi) is 11.3. The second-order valence-electron chi connectivity index (χ2n) is 10.5. The largest absolute Gasteiger partial charge is 0.497 e. The summed E-state index contributed by atoms with van der Waals surface area (Å²) in [6.07, 6.45) is 5.28. The van der Waals surface area contributed by atoms with Crippen molar-refractivity contribution < 1.29 is 22.7 Å². The quantitative estimate of drug-likeness (QED) is 0.244. The van der Waals surface area contributed by atoms with Crippen LogP contribution in [-0.2, 0) is 26.2 Å². The van der Waals surface area contributed by atoms with Crippen molar-refractivity contribution in [3.8, 4) is 5.75 Å². The molecule has 0 aliphatic heterocycles. The third-order valence-corrected chi connectivity index (χ3v) is 10.2. The van der Waals surface area contributed by atoms with E-state index in [1.54, 1.807) is 60.7 Å². The van der Waals surface area contributed by atoms with Crippen LogP contribution >= 0.6 is 23.2 Å². The number of amides is 2. The summed E-state index contributed by atoms with van der Waals surface area (Å²) in [5.74, 6) is -0.322. The van der Waals surface area contributed by atoms with Crippen LogP contribution in [0, 0.1) is 0 Å². The predicted molar refractivity (Wildman–Crippen MR) is 170 cm³/mol. The van der Waals surface area contributed by atoms with Gasteiger partial charge in [0, 0.05) is 28.2 Å². The van der Waals surface area contributed by atoms with Gasteiger partial charge in [-0.1, -0.05) is 73.7 Å². The number of methoxy groups -OCH3 is 1. The molecule has 1 N–H and O–H groups in total. The van der Waals surface area contributed by atoms with Crippen LogP contribution in [0.5, 0.6) is 5.75 Å². The highest BCUT2D eigenvalue weighted by Crippen LogP contribution is 2.29. The minimum atomic E-state index is -4.17. The van der Waals surface area contributed by atoms with Crippen LogP contribution in [0.2, 0.25) is 10.0 Å². The van der Waals surface area contributed by atoms with Crippen LogP contribution in [0.15, 0.2) is 77.7 Å². The first kappa shape index (κ1) is 32.6. The first-order valence-electron chi connectivity index (χ1n) is 14.4. The molecule has 3 aromatic carbocycles. The first-order valence-corrected chi connectivity index (χ1v) is 16.6. The summed E-state index contributed by atoms with van der Waals surface area (Å²) >= 11 is 13.0. The van der Waals surface area contributed by atoms with Crippen molar-refractivity contribution in [3.05, 3.63) is 88.4 Å². The van der Waals surface area contributed by atoms with E-state index in [-0.39, 0.29) is 29.1 Å². The van der Waals surface area contributed by atoms with Crippen LogP contribution in [0.3, 0.4) is 0 Å². The second kappa shape index (κ2) is 14.9. The zero-order valence-corrected chi connectivity index (χ0v) is 26.7. The van der Waals surface area contributed by atoms with Crippen LogP contribution in [0.25, 0.3) is 0 Å². The maximum atomic E-state index is 14.3. The van der Waals surface area contributed by atoms with E-state index in [0.717, 1.165) is 36.4 Å². The van der Waals surface area contributed by atoms with E-state index in [1.165, 1.54) is 24.1 Å². The van der Waals surface area contributed by atoms with Crippen LogP contribution < -0.4 is 14.4 Å². The van der Waals surface area contributed by atoms with Crippen LogP contribution in [0.1, 0.15) is 51.0 Å². The SMILES string of the molecule is CCC(C(=O)NC1CCCCC1)N(Cc1c(Cl)cccc1Cl)C(=O)CN(c1ccc(OC)cc1)S(=O)(=O)c1ccccc1. The first-order chi connectivity index (χ1) is 20.6. The highest BCUT2D eigenvalue weighted by molar-refractivity contribution is 7.92. The molecule has 43 heavy (non-hydrogen) atoms. The summed E-state index contributed by atoms with van der Waals surface area (Å²) in [6.45, 7) is 1.19. The minimum Gasteiger partial charge on any atom is -0.497 e. The number of rotatable bonds is 12. The standard InChI is InChI=1S/C32H37Cl2N3O5S/c1-3-30(32(39)35-23-11-6-4-7-12-23)36(21-27-28(33)15-10-16-29(27)34)31(38)22-37(24-17-19-25(42-2)20-18-24)43(40,41)26-13-8-5-9-14-26/h5,8-10,13-20,23,30H,3-4,6-7,11-12,21-22H2,1-2H3,(H,35,39). The van der Waals surface area contributed by atoms with E-state index in [9.17, 15) is 18.0 Å². The van der Waals surface area contributed by atoms with Gasteiger partial charge >= 0.3 is 0 Å². The molecule has 0 saturated heterocycles. The van der Waals surface area contributed by atoms with Gasteiger partial charge in [0.05, 0.1) is 17.7 Å². The molecule has 1 saturated carbocycles. The molecule has 0 heterocycles. The number of carbonyl (C=O) groups excluding carboxylic acids is 2. The Morgan fingerprint density at radius 1 is 0.930 bits per heavy atom. The zero-order chi connectivity index (χ0) is 31.0. The van der Waals surface area contributed by atoms with Gasteiger partial charge in [0.2, 0.25) is 11.8 Å². The van der Waals surface area contributed by atoms with E-state index in [2.05, 4.69) is 5.32 Å². The number of nitrogens with zero attached hydrogens (tertiary/aromatic N) is 2. The predicted octanol–water partition coefficient (Wildman–Crippen LogP) is 6.45. The average molecular weight is 647 g/mol. The second-order valence-corrected chi connectivity index (χ2v) is 13.2. The zero-order valence-electron chi connectivity index (χ0n) is 24.3. The molecule has 3 aromatic rings. The van der Waals surface area contributed by atoms with Crippen molar-refractivity contribution >= 4 is 50.7 Å². The number of hydrogen-bond donors (Lipinski definition) is 1. The lowest BCUT2D eigenvalue weighted by atomic mass is 9.95. The number of anilines is 1. The summed E-state index contributed by atoms with van der Waals surface area (Å²) in [5.41, 5.74) is 0.749. The highest BCUT2D eigenvalue weighted by Gasteiger charge is 2.35. The number of halogens is 2. The Hall–Kier alpha value is -3.27. The van der Waals surface area contributed by atoms with Gasteiger partial charge in [-0.25, -0.2) is 8.42 Å². The van der Waals surface area contributed by atoms with Gasteiger partial charge in [-0.15, -0.1) is 0 Å². The Labute approximate surface area is 264 Å². The molecule has 2 amide bonds. The summed E-state index contributed by atoms with van der Waals surface area (Å²) in [6, 6.07) is 18.5. The maximum Gasteiger partial charge on any atom is 0.264 e. The van der Waals surface area contributed by atoms with Crippen molar-refractivity contribution in [1.29, 1.82) is 0 Å². The molecule has 0 aromatic heterocycles. The normalized spacial score (nSPS) is 14.5. The number of nitrogens with one attached hydrogen (secondary N) is 1. The van der Waals surface area contributed by atoms with Gasteiger partial charge in [-0.05, 0) is 67.8 Å². The van der Waals surface area contributed by atoms with E-state index < -0.39 is 28.5 Å². The molecular formula is C32H37Cl2N3O5S. The Morgan fingerprint density at radius 3 is 2.14 bits per heavy atom. The van der Waals surface area contributed by atoms with E-state index in [0.29, 0.717) is 27.8 Å². The fourth-order valence-corrected chi connectivity index (χ4v) is 7.27. The molecule has 1 fully saturated rings. The molecule has 0 radical (unpaired) electrons. The van der Waals surface area contributed by atoms with E-state index in [1.807, 2.05) is 6.92 Å². The van der Waals surface area contributed by atoms with Gasteiger partial charge in [0.25, 0.3) is 10.0 Å². The van der Waals surface area contributed by atoms with E-state index >= 15 is 0 Å². The fraction of sp³-hybridized carbons (Fsp3) is 0.375. The minimum absolute atomic E-state index is 0.0291. The molecule has 4 rings (SSSR count). The summed E-state index contributed by atoms with van der Waals surface area (Å²) in [7, 11) is -2.66. The average Bonchev–Trinajstić information content (AvgIpc) is 3.02. The topological polar surface area (TPSA) is 96.0 Å². The molecule has 8 nitrogen and oxygen atoms in total. The lowest BCUT2D eigenvalue weighted by Crippen LogP contribution is -2.54. The van der Waals surface area contributed by atoms with E-state index in [4.69, 9.17) is 27.9 Å². The summed E-state index contributed by atoms with van der Waals surface area (Å²) < 4.78 is 34.2. The van der Waals surface area contributed by atoms with Crippen molar-refractivity contribution in [1.82, 2.24) is 10.2 Å². The molecule has 0 bridgehead atoms. The van der Waals surface area contributed by atoms with Crippen LogP contribution in [0.4, 0.5) is 5.69 Å². The number of ether oxygens (including phenoxy) is 1. The van der Waals surface area contributed by atoms with Crippen LogP contribution in [-0.4, -0.2) is 50.9 Å². The molecule has 1 aliphatic rings. The molecule has 1 unspecified atom stereocenters. The molecular weight excluding hydrogens is 609 g/mol. The lowest BCUT2D eigenvalue weighted by Gasteiger charge is -2.34. The third-order valence-electron chi connectivity index (χ3n) is 7.70. The highest BCUT2D eigenvalue weighted by atomic mass is 35.5. The molecule has 11 heteroatoms. The molecule has 230 valence electrons. The number of sulfonamides is 1. The smallest absolute Gasteiger partial charge is 0.264 e. The lowest BCUT2D eigenvalue weighted by molar-refractivity contribution is -0.140. The third kappa shape index (κ3) is 8.02. The number of benzene rings is 3. The van der Waals surface area contributed by atoms with Crippen molar-refractivity contribution in [2.24, 2.45) is 0 Å². The number of hydrogen-bond acceptors (Lipinski definition) is 5. The summed E-state index contributed by atoms with van der Waals surface area (Å²) in [4.78, 5) is 29.4. The van der Waals surface area contributed by atoms with Crippen molar-refractivity contribution in [2.45, 2.75) is 69.0 Å². The molecule has 1 aliphatic carbocycles. The van der Waals surface area contributed by atoms with Gasteiger partial charge in [0.1, 0.15) is 18.3 Å². The van der Waals surface area contributed by atoms with Gasteiger partial charge in [-0.2, -0.15) is 0 Å². The fourth-order valence-electron chi connectivity index (χ4n) is 5.31. The molecule has 0 spiro atoms. The number of carbonyl (C=O) groups is 2. The van der Waals surface area contributed by atoms with Gasteiger partial charge in [0.15, 0.2) is 0 Å².